The molecule has 0 radical (unpaired) electrons. The van der Waals surface area contributed by atoms with E-state index in [4.69, 9.17) is 15.3 Å². The molecule has 0 saturated carbocycles. The average Bonchev–Trinajstić information content (AvgIpc) is 2.41. The Morgan fingerprint density at radius 3 is 3.11 bits per heavy atom. The van der Waals surface area contributed by atoms with Crippen molar-refractivity contribution in [3.8, 4) is 11.8 Å². The highest BCUT2D eigenvalue weighted by Gasteiger charge is 2.13. The predicted molar refractivity (Wildman–Crippen MR) is 75.6 cm³/mol. The molecule has 0 aromatic carbocycles. The summed E-state index contributed by atoms with van der Waals surface area (Å²) >= 11 is 3.43. The van der Waals surface area contributed by atoms with E-state index >= 15 is 0 Å². The fourth-order valence-electron chi connectivity index (χ4n) is 1.90. The first-order chi connectivity index (χ1) is 9.16. The highest BCUT2D eigenvalue weighted by Crippen LogP contribution is 2.13. The lowest BCUT2D eigenvalue weighted by molar-refractivity contribution is -0.648. The van der Waals surface area contributed by atoms with Crippen molar-refractivity contribution in [2.75, 3.05) is 19.1 Å². The van der Waals surface area contributed by atoms with Gasteiger partial charge >= 0.3 is 0 Å². The van der Waals surface area contributed by atoms with Crippen LogP contribution in [-0.4, -0.2) is 19.5 Å². The second kappa shape index (κ2) is 6.90. The number of halogens is 1. The summed E-state index contributed by atoms with van der Waals surface area (Å²) < 4.78 is 13.5. The number of rotatable bonds is 2. The minimum absolute atomic E-state index is 0.0997. The van der Waals surface area contributed by atoms with Crippen LogP contribution in [0.4, 0.5) is 0 Å². The third-order valence-corrected chi connectivity index (χ3v) is 3.41. The van der Waals surface area contributed by atoms with Crippen LogP contribution in [0.25, 0.3) is 0 Å². The van der Waals surface area contributed by atoms with Crippen LogP contribution in [0.3, 0.4) is 0 Å². The molecule has 1 aliphatic heterocycles. The molecule has 1 aromatic rings. The zero-order chi connectivity index (χ0) is 13.7. The van der Waals surface area contributed by atoms with Crippen molar-refractivity contribution in [2.24, 2.45) is 0 Å². The van der Waals surface area contributed by atoms with E-state index in [2.05, 4.69) is 27.8 Å². The molecule has 1 fully saturated rings. The van der Waals surface area contributed by atoms with Gasteiger partial charge in [0.2, 0.25) is 5.69 Å². The summed E-state index contributed by atoms with van der Waals surface area (Å²) in [5.74, 6) is 11.9. The Kier molecular flexibility index (Phi) is 5.20. The minimum atomic E-state index is -0.0997. The maximum Gasteiger partial charge on any atom is 0.287 e. The smallest absolute Gasteiger partial charge is 0.287 e. The topological polar surface area (TPSA) is 48.4 Å². The van der Waals surface area contributed by atoms with Crippen LogP contribution in [-0.2, 0) is 9.47 Å². The van der Waals surface area contributed by atoms with E-state index in [0.29, 0.717) is 6.61 Å². The number of aryl methyl sites for hydroxylation is 1. The minimum Gasteiger partial charge on any atom is -0.353 e. The Hall–Kier alpha value is -1.09. The molecule has 4 nitrogen and oxygen atoms in total. The average molecular weight is 326 g/mol. The molecular weight excluding hydrogens is 308 g/mol. The molecule has 102 valence electrons. The predicted octanol–water partition coefficient (Wildman–Crippen LogP) is 1.65. The van der Waals surface area contributed by atoms with Crippen LogP contribution in [0.2, 0.25) is 0 Å². The largest absolute Gasteiger partial charge is 0.353 e. The SMILES string of the molecule is Cc1cc(Br)cc(C#CCOC2CCCCO2)[n+]1N. The zero-order valence-corrected chi connectivity index (χ0v) is 12.6. The summed E-state index contributed by atoms with van der Waals surface area (Å²) in [4.78, 5) is 0. The lowest BCUT2D eigenvalue weighted by Gasteiger charge is -2.21. The molecular formula is C14H18BrN2O2+. The molecule has 1 atom stereocenters. The summed E-state index contributed by atoms with van der Waals surface area (Å²) in [5, 5.41) is 0. The summed E-state index contributed by atoms with van der Waals surface area (Å²) in [6.45, 7) is 3.07. The second-order valence-electron chi connectivity index (χ2n) is 4.48. The Labute approximate surface area is 122 Å². The monoisotopic (exact) mass is 325 g/mol. The number of hydrogen-bond donors (Lipinski definition) is 1. The number of nitrogens with zero attached hydrogens (tertiary/aromatic N) is 1. The third kappa shape index (κ3) is 4.20. The van der Waals surface area contributed by atoms with Gasteiger partial charge in [-0.05, 0) is 19.3 Å². The molecule has 0 aliphatic carbocycles. The fourth-order valence-corrected chi connectivity index (χ4v) is 2.45. The van der Waals surface area contributed by atoms with Crippen molar-refractivity contribution in [3.05, 3.63) is 28.0 Å². The molecule has 0 bridgehead atoms. The van der Waals surface area contributed by atoms with Gasteiger partial charge in [0, 0.05) is 36.1 Å². The molecule has 1 saturated heterocycles. The van der Waals surface area contributed by atoms with Crippen molar-refractivity contribution in [1.82, 2.24) is 0 Å². The molecule has 1 unspecified atom stereocenters. The first-order valence-corrected chi connectivity index (χ1v) is 7.15. The first-order valence-electron chi connectivity index (χ1n) is 6.36. The molecule has 2 heterocycles. The van der Waals surface area contributed by atoms with Gasteiger partial charge in [-0.2, -0.15) is 0 Å². The van der Waals surface area contributed by atoms with E-state index in [9.17, 15) is 0 Å². The van der Waals surface area contributed by atoms with E-state index in [1.807, 2.05) is 19.1 Å². The van der Waals surface area contributed by atoms with Crippen molar-refractivity contribution < 1.29 is 14.1 Å². The number of hydrogen-bond acceptors (Lipinski definition) is 3. The molecule has 1 aromatic heterocycles. The maximum atomic E-state index is 5.90. The van der Waals surface area contributed by atoms with Gasteiger partial charge in [0.1, 0.15) is 6.61 Å². The Balaban J connectivity index is 1.92. The van der Waals surface area contributed by atoms with E-state index in [1.54, 1.807) is 4.68 Å². The van der Waals surface area contributed by atoms with Crippen LogP contribution in [0.15, 0.2) is 16.6 Å². The van der Waals surface area contributed by atoms with Crippen LogP contribution >= 0.6 is 15.9 Å². The molecule has 0 spiro atoms. The van der Waals surface area contributed by atoms with Crippen LogP contribution in [0.5, 0.6) is 0 Å². The summed E-state index contributed by atoms with van der Waals surface area (Å²) in [7, 11) is 0. The van der Waals surface area contributed by atoms with Gasteiger partial charge in [0.25, 0.3) is 5.69 Å². The van der Waals surface area contributed by atoms with Crippen molar-refractivity contribution >= 4 is 15.9 Å². The Morgan fingerprint density at radius 1 is 1.53 bits per heavy atom. The van der Waals surface area contributed by atoms with E-state index in [-0.39, 0.29) is 6.29 Å². The van der Waals surface area contributed by atoms with Gasteiger partial charge in [0.15, 0.2) is 6.29 Å². The van der Waals surface area contributed by atoms with Crippen LogP contribution < -0.4 is 10.5 Å². The summed E-state index contributed by atoms with van der Waals surface area (Å²) in [6.07, 6.45) is 3.13. The van der Waals surface area contributed by atoms with Gasteiger partial charge in [-0.1, -0.05) is 26.5 Å². The zero-order valence-electron chi connectivity index (χ0n) is 11.0. The molecule has 19 heavy (non-hydrogen) atoms. The molecule has 0 amide bonds. The van der Waals surface area contributed by atoms with Crippen molar-refractivity contribution in [1.29, 1.82) is 0 Å². The highest BCUT2D eigenvalue weighted by atomic mass is 79.9. The summed E-state index contributed by atoms with van der Waals surface area (Å²) in [5.41, 5.74) is 1.69. The van der Waals surface area contributed by atoms with E-state index < -0.39 is 0 Å². The van der Waals surface area contributed by atoms with Crippen LogP contribution in [0.1, 0.15) is 30.7 Å². The number of aromatic nitrogens is 1. The standard InChI is InChI=1S/C14H18BrN2O2/c1-11-9-12(15)10-13(17(11)16)5-4-8-19-14-6-2-3-7-18-14/h9-10,14H,2-3,6-8,16H2,1H3/q+1. The molecule has 2 N–H and O–H groups in total. The van der Waals surface area contributed by atoms with E-state index in [0.717, 1.165) is 41.7 Å². The van der Waals surface area contributed by atoms with Gasteiger partial charge in [0.05, 0.1) is 0 Å². The van der Waals surface area contributed by atoms with Crippen LogP contribution in [0, 0.1) is 18.8 Å². The number of nitrogens with two attached hydrogens (primary N) is 1. The first kappa shape index (κ1) is 14.3. The molecule has 5 heteroatoms. The van der Waals surface area contributed by atoms with Crippen molar-refractivity contribution in [3.63, 3.8) is 0 Å². The lowest BCUT2D eigenvalue weighted by atomic mass is 10.2. The summed E-state index contributed by atoms with van der Waals surface area (Å²) in [6, 6.07) is 3.83. The fraction of sp³-hybridized carbons (Fsp3) is 0.500. The highest BCUT2D eigenvalue weighted by molar-refractivity contribution is 9.10. The second-order valence-corrected chi connectivity index (χ2v) is 5.39. The Morgan fingerprint density at radius 2 is 2.37 bits per heavy atom. The Bertz CT molecular complexity index is 502. The van der Waals surface area contributed by atoms with Gasteiger partial charge in [-0.15, -0.1) is 0 Å². The normalized spacial score (nSPS) is 18.7. The lowest BCUT2D eigenvalue weighted by Crippen LogP contribution is -2.50. The van der Waals surface area contributed by atoms with Gasteiger partial charge in [-0.25, -0.2) is 5.84 Å². The van der Waals surface area contributed by atoms with Gasteiger partial charge < -0.3 is 9.47 Å². The quantitative estimate of drug-likeness (QED) is 0.511. The maximum absolute atomic E-state index is 5.90. The number of pyridine rings is 1. The van der Waals surface area contributed by atoms with Gasteiger partial charge in [-0.3, -0.25) is 0 Å². The number of ether oxygens (including phenoxy) is 2. The van der Waals surface area contributed by atoms with Crippen molar-refractivity contribution in [2.45, 2.75) is 32.5 Å². The molecule has 1 aliphatic rings. The van der Waals surface area contributed by atoms with E-state index in [1.165, 1.54) is 0 Å². The molecule has 2 rings (SSSR count). The third-order valence-electron chi connectivity index (χ3n) is 2.96. The number of nitrogen functional groups attached to an aromatic ring is 1.